The number of hydrogen-bond acceptors (Lipinski definition) is 1. The molecule has 0 unspecified atom stereocenters. The number of ketones is 1. The van der Waals surface area contributed by atoms with Gasteiger partial charge in [-0.1, -0.05) is 11.6 Å². The molecule has 94 valence electrons. The van der Waals surface area contributed by atoms with Crippen molar-refractivity contribution in [3.63, 3.8) is 0 Å². The van der Waals surface area contributed by atoms with E-state index in [1.807, 2.05) is 0 Å². The third-order valence-electron chi connectivity index (χ3n) is 1.97. The molecule has 0 spiro atoms. The largest absolute Gasteiger partial charge is 0.389 e. The Morgan fingerprint density at radius 1 is 1.35 bits per heavy atom. The summed E-state index contributed by atoms with van der Waals surface area (Å²) in [5, 5.41) is -0.317. The minimum absolute atomic E-state index is 0.240. The van der Waals surface area contributed by atoms with Crippen LogP contribution in [-0.4, -0.2) is 12.0 Å². The lowest BCUT2D eigenvalue weighted by atomic mass is 10.1. The maximum atomic E-state index is 13.5. The first-order valence-electron chi connectivity index (χ1n) is 4.46. The van der Waals surface area contributed by atoms with E-state index in [2.05, 4.69) is 15.9 Å². The topological polar surface area (TPSA) is 17.1 Å². The normalized spacial score (nSPS) is 11.6. The van der Waals surface area contributed by atoms with Crippen molar-refractivity contribution in [1.82, 2.24) is 0 Å². The molecule has 0 fully saturated rings. The number of benzene rings is 1. The molecule has 0 bridgehead atoms. The quantitative estimate of drug-likeness (QED) is 0.442. The maximum absolute atomic E-state index is 13.5. The highest BCUT2D eigenvalue weighted by Gasteiger charge is 2.29. The van der Waals surface area contributed by atoms with Crippen molar-refractivity contribution in [2.24, 2.45) is 0 Å². The van der Waals surface area contributed by atoms with Gasteiger partial charge in [-0.15, -0.1) is 0 Å². The molecule has 0 aliphatic carbocycles. The van der Waals surface area contributed by atoms with Crippen LogP contribution in [-0.2, 0) is 0 Å². The second-order valence-corrected chi connectivity index (χ2v) is 4.49. The molecule has 1 nitrogen and oxygen atoms in total. The van der Waals surface area contributed by atoms with E-state index in [4.69, 9.17) is 11.6 Å². The van der Waals surface area contributed by atoms with Crippen LogP contribution < -0.4 is 0 Å². The zero-order chi connectivity index (χ0) is 13.2. The first-order valence-corrected chi connectivity index (χ1v) is 5.63. The molecule has 0 saturated carbocycles. The summed E-state index contributed by atoms with van der Waals surface area (Å²) < 4.78 is 49.4. The van der Waals surface area contributed by atoms with Gasteiger partial charge in [-0.2, -0.15) is 13.2 Å². The van der Waals surface area contributed by atoms with Crippen molar-refractivity contribution in [3.05, 3.63) is 33.0 Å². The van der Waals surface area contributed by atoms with Gasteiger partial charge < -0.3 is 0 Å². The van der Waals surface area contributed by atoms with Crippen LogP contribution in [0, 0.1) is 5.82 Å². The molecule has 1 rings (SSSR count). The number of carbonyl (C=O) groups excluding carboxylic acids is 1. The Bertz CT molecular complexity index is 445. The molecule has 1 aromatic carbocycles. The van der Waals surface area contributed by atoms with Crippen LogP contribution in [0.25, 0.3) is 0 Å². The van der Waals surface area contributed by atoms with Gasteiger partial charge in [0.15, 0.2) is 11.6 Å². The molecule has 0 aliphatic heterocycles. The van der Waals surface area contributed by atoms with Gasteiger partial charge in [-0.25, -0.2) is 4.39 Å². The Balaban J connectivity index is 2.87. The van der Waals surface area contributed by atoms with Crippen LogP contribution in [0.15, 0.2) is 16.6 Å². The highest BCUT2D eigenvalue weighted by molar-refractivity contribution is 9.10. The summed E-state index contributed by atoms with van der Waals surface area (Å²) >= 11 is 8.46. The summed E-state index contributed by atoms with van der Waals surface area (Å²) in [7, 11) is 0. The number of rotatable bonds is 3. The molecule has 0 heterocycles. The summed E-state index contributed by atoms with van der Waals surface area (Å²) in [5.41, 5.74) is -0.428. The number of alkyl halides is 3. The van der Waals surface area contributed by atoms with Crippen molar-refractivity contribution in [2.75, 3.05) is 0 Å². The van der Waals surface area contributed by atoms with Crippen molar-refractivity contribution < 1.29 is 22.4 Å². The first kappa shape index (κ1) is 14.4. The van der Waals surface area contributed by atoms with Gasteiger partial charge in [0.2, 0.25) is 0 Å². The van der Waals surface area contributed by atoms with Gasteiger partial charge in [-0.05, 0) is 28.1 Å². The number of carbonyl (C=O) groups is 1. The van der Waals surface area contributed by atoms with Crippen LogP contribution in [0.3, 0.4) is 0 Å². The second kappa shape index (κ2) is 5.35. The number of Topliss-reactive ketones (excluding diaryl/α,β-unsaturated/α-hetero) is 1. The monoisotopic (exact) mass is 332 g/mol. The Labute approximate surface area is 108 Å². The fourth-order valence-corrected chi connectivity index (χ4v) is 1.60. The molecule has 0 aromatic heterocycles. The Morgan fingerprint density at radius 2 is 1.94 bits per heavy atom. The maximum Gasteiger partial charge on any atom is 0.389 e. The lowest BCUT2D eigenvalue weighted by Crippen LogP contribution is -2.12. The fraction of sp³-hybridized carbons (Fsp3) is 0.300. The highest BCUT2D eigenvalue weighted by Crippen LogP contribution is 2.29. The predicted molar refractivity (Wildman–Crippen MR) is 58.7 cm³/mol. The Hall–Kier alpha value is -0.620. The molecule has 1 aromatic rings. The summed E-state index contributed by atoms with van der Waals surface area (Å²) in [4.78, 5) is 11.4. The van der Waals surface area contributed by atoms with E-state index >= 15 is 0 Å². The van der Waals surface area contributed by atoms with E-state index in [1.165, 1.54) is 6.07 Å². The van der Waals surface area contributed by atoms with Gasteiger partial charge in [0, 0.05) is 10.9 Å². The van der Waals surface area contributed by atoms with Crippen LogP contribution >= 0.6 is 27.5 Å². The van der Waals surface area contributed by atoms with Gasteiger partial charge in [-0.3, -0.25) is 4.79 Å². The fourth-order valence-electron chi connectivity index (χ4n) is 1.13. The third kappa shape index (κ3) is 3.96. The molecule has 0 atom stereocenters. The molecule has 7 heteroatoms. The van der Waals surface area contributed by atoms with E-state index in [-0.39, 0.29) is 9.50 Å². The van der Waals surface area contributed by atoms with Crippen molar-refractivity contribution in [3.8, 4) is 0 Å². The lowest BCUT2D eigenvalue weighted by Gasteiger charge is -2.07. The Kier molecular flexibility index (Phi) is 4.55. The van der Waals surface area contributed by atoms with Crippen molar-refractivity contribution >= 4 is 33.3 Å². The molecule has 17 heavy (non-hydrogen) atoms. The minimum Gasteiger partial charge on any atom is -0.294 e. The van der Waals surface area contributed by atoms with E-state index in [0.29, 0.717) is 0 Å². The SMILES string of the molecule is O=C(CCC(F)(F)F)c1ccc(Br)c(Cl)c1F. The Morgan fingerprint density at radius 3 is 2.47 bits per heavy atom. The predicted octanol–water partition coefficient (Wildman–Crippen LogP) is 4.77. The molecule has 0 radical (unpaired) electrons. The zero-order valence-electron chi connectivity index (χ0n) is 8.24. The summed E-state index contributed by atoms with van der Waals surface area (Å²) in [6.45, 7) is 0. The van der Waals surface area contributed by atoms with E-state index in [0.717, 1.165) is 6.07 Å². The van der Waals surface area contributed by atoms with E-state index in [9.17, 15) is 22.4 Å². The average Bonchev–Trinajstić information content (AvgIpc) is 2.22. The van der Waals surface area contributed by atoms with Crippen LogP contribution in [0.2, 0.25) is 5.02 Å². The third-order valence-corrected chi connectivity index (χ3v) is 3.23. The summed E-state index contributed by atoms with van der Waals surface area (Å²) in [5.74, 6) is -1.93. The second-order valence-electron chi connectivity index (χ2n) is 3.26. The first-order chi connectivity index (χ1) is 7.72. The summed E-state index contributed by atoms with van der Waals surface area (Å²) in [6.07, 6.45) is -6.51. The molecular formula is C10H6BrClF4O. The van der Waals surface area contributed by atoms with Crippen molar-refractivity contribution in [1.29, 1.82) is 0 Å². The van der Waals surface area contributed by atoms with Gasteiger partial charge in [0.25, 0.3) is 0 Å². The van der Waals surface area contributed by atoms with E-state index < -0.39 is 36.2 Å². The van der Waals surface area contributed by atoms with Crippen LogP contribution in [0.5, 0.6) is 0 Å². The summed E-state index contributed by atoms with van der Waals surface area (Å²) in [6, 6.07) is 2.41. The average molecular weight is 334 g/mol. The zero-order valence-corrected chi connectivity index (χ0v) is 10.6. The van der Waals surface area contributed by atoms with Gasteiger partial charge in [0.05, 0.1) is 17.0 Å². The van der Waals surface area contributed by atoms with E-state index in [1.54, 1.807) is 0 Å². The van der Waals surface area contributed by atoms with Crippen LogP contribution in [0.4, 0.5) is 17.6 Å². The number of halogens is 6. The highest BCUT2D eigenvalue weighted by atomic mass is 79.9. The van der Waals surface area contributed by atoms with Crippen molar-refractivity contribution in [2.45, 2.75) is 19.0 Å². The molecule has 0 N–H and O–H groups in total. The van der Waals surface area contributed by atoms with Gasteiger partial charge in [0.1, 0.15) is 0 Å². The molecule has 0 aliphatic rings. The lowest BCUT2D eigenvalue weighted by molar-refractivity contribution is -0.133. The minimum atomic E-state index is -4.44. The molecule has 0 amide bonds. The standard InChI is InChI=1S/C10H6BrClF4O/c11-6-2-1-5(9(13)8(6)12)7(17)3-4-10(14,15)16/h1-2H,3-4H2. The van der Waals surface area contributed by atoms with Crippen LogP contribution in [0.1, 0.15) is 23.2 Å². The number of hydrogen-bond donors (Lipinski definition) is 0. The molecular weight excluding hydrogens is 327 g/mol. The smallest absolute Gasteiger partial charge is 0.294 e. The van der Waals surface area contributed by atoms with Gasteiger partial charge >= 0.3 is 6.18 Å². The molecule has 0 saturated heterocycles.